The van der Waals surface area contributed by atoms with Gasteiger partial charge in [0.1, 0.15) is 12.3 Å². The fourth-order valence-electron chi connectivity index (χ4n) is 2.64. The van der Waals surface area contributed by atoms with Gasteiger partial charge < -0.3 is 19.9 Å². The Hall–Kier alpha value is -3.46. The van der Waals surface area contributed by atoms with Crippen molar-refractivity contribution in [3.05, 3.63) is 52.9 Å². The highest BCUT2D eigenvalue weighted by Crippen LogP contribution is 2.34. The second kappa shape index (κ2) is 8.70. The number of nitrogens with zero attached hydrogens (tertiary/aromatic N) is 1. The van der Waals surface area contributed by atoms with Crippen LogP contribution in [-0.2, 0) is 9.59 Å². The molecule has 0 aromatic heterocycles. The molecule has 8 nitrogen and oxygen atoms in total. The van der Waals surface area contributed by atoms with Crippen molar-refractivity contribution < 1.29 is 29.0 Å². The number of amides is 3. The molecule has 2 N–H and O–H groups in total. The van der Waals surface area contributed by atoms with Gasteiger partial charge in [-0.3, -0.25) is 19.3 Å². The van der Waals surface area contributed by atoms with Gasteiger partial charge in [-0.05, 0) is 47.7 Å². The number of anilines is 1. The molecular weight excluding hydrogens is 396 g/mol. The highest BCUT2D eigenvalue weighted by Gasteiger charge is 2.36. The Morgan fingerprint density at radius 3 is 2.55 bits per heavy atom. The number of rotatable bonds is 6. The molecule has 1 aliphatic heterocycles. The zero-order chi connectivity index (χ0) is 21.0. The molecule has 0 radical (unpaired) electrons. The number of methoxy groups -OCH3 is 2. The largest absolute Gasteiger partial charge is 0.506 e. The molecule has 1 aliphatic rings. The number of benzene rings is 2. The third kappa shape index (κ3) is 4.52. The highest BCUT2D eigenvalue weighted by molar-refractivity contribution is 8.18. The highest BCUT2D eigenvalue weighted by atomic mass is 32.2. The van der Waals surface area contributed by atoms with Crippen LogP contribution < -0.4 is 14.8 Å². The first-order chi connectivity index (χ1) is 13.9. The second-order valence-electron chi connectivity index (χ2n) is 5.95. The Kier molecular flexibility index (Phi) is 6.08. The van der Waals surface area contributed by atoms with Crippen molar-refractivity contribution >= 4 is 40.6 Å². The minimum atomic E-state index is -0.596. The number of phenolic OH excluding ortho intramolecular Hbond substituents is 1. The fourth-order valence-corrected chi connectivity index (χ4v) is 3.48. The summed E-state index contributed by atoms with van der Waals surface area (Å²) in [6.45, 7) is -0.456. The van der Waals surface area contributed by atoms with E-state index in [9.17, 15) is 19.5 Å². The van der Waals surface area contributed by atoms with Crippen molar-refractivity contribution in [3.63, 3.8) is 0 Å². The molecule has 0 aliphatic carbocycles. The monoisotopic (exact) mass is 414 g/mol. The maximum Gasteiger partial charge on any atom is 0.294 e. The quantitative estimate of drug-likeness (QED) is 0.553. The molecule has 3 rings (SSSR count). The molecule has 0 unspecified atom stereocenters. The summed E-state index contributed by atoms with van der Waals surface area (Å²) in [4.78, 5) is 38.0. The molecule has 0 atom stereocenters. The van der Waals surface area contributed by atoms with Crippen LogP contribution in [-0.4, -0.2) is 47.8 Å². The standard InChI is InChI=1S/C20H18N2O6S/c1-27-15-8-7-12(9-16(15)28-2)10-17-19(25)22(20(26)29-17)11-18(24)21-13-5-3-4-6-14(13)23/h3-10,23H,11H2,1-2H3,(H,21,24)/b17-10+. The van der Waals surface area contributed by atoms with Crippen molar-refractivity contribution in [1.82, 2.24) is 4.90 Å². The molecule has 150 valence electrons. The second-order valence-corrected chi connectivity index (χ2v) is 6.94. The molecule has 3 amide bonds. The van der Waals surface area contributed by atoms with Crippen LogP contribution in [0.25, 0.3) is 6.08 Å². The zero-order valence-electron chi connectivity index (χ0n) is 15.7. The van der Waals surface area contributed by atoms with Crippen LogP contribution in [0.5, 0.6) is 17.2 Å². The number of carbonyl (C=O) groups excluding carboxylic acids is 3. The van der Waals surface area contributed by atoms with Gasteiger partial charge in [-0.25, -0.2) is 0 Å². The van der Waals surface area contributed by atoms with E-state index in [1.165, 1.54) is 26.4 Å². The van der Waals surface area contributed by atoms with Gasteiger partial charge in [-0.15, -0.1) is 0 Å². The first kappa shape index (κ1) is 20.3. The summed E-state index contributed by atoms with van der Waals surface area (Å²) in [5.41, 5.74) is 0.845. The predicted octanol–water partition coefficient (Wildman–Crippen LogP) is 3.08. The SMILES string of the molecule is COc1ccc(/C=C2/SC(=O)N(CC(=O)Nc3ccccc3O)C2=O)cc1OC. The molecule has 2 aromatic rings. The van der Waals surface area contributed by atoms with Gasteiger partial charge in [0.2, 0.25) is 5.91 Å². The first-order valence-electron chi connectivity index (χ1n) is 8.48. The number of nitrogens with one attached hydrogen (secondary N) is 1. The lowest BCUT2D eigenvalue weighted by molar-refractivity contribution is -0.127. The molecule has 1 saturated heterocycles. The average Bonchev–Trinajstić information content (AvgIpc) is 2.97. The lowest BCUT2D eigenvalue weighted by Gasteiger charge is -2.13. The molecule has 29 heavy (non-hydrogen) atoms. The third-order valence-electron chi connectivity index (χ3n) is 4.06. The number of hydrogen-bond acceptors (Lipinski definition) is 7. The Bertz CT molecular complexity index is 1000. The number of hydrogen-bond donors (Lipinski definition) is 2. The van der Waals surface area contributed by atoms with Gasteiger partial charge in [0, 0.05) is 0 Å². The van der Waals surface area contributed by atoms with Gasteiger partial charge in [-0.1, -0.05) is 18.2 Å². The van der Waals surface area contributed by atoms with Gasteiger partial charge >= 0.3 is 0 Å². The fraction of sp³-hybridized carbons (Fsp3) is 0.150. The van der Waals surface area contributed by atoms with Gasteiger partial charge in [0.05, 0.1) is 24.8 Å². The number of imide groups is 1. The van der Waals surface area contributed by atoms with E-state index >= 15 is 0 Å². The van der Waals surface area contributed by atoms with Crippen LogP contribution in [0.2, 0.25) is 0 Å². The number of ether oxygens (including phenoxy) is 2. The van der Waals surface area contributed by atoms with Crippen molar-refractivity contribution in [2.75, 3.05) is 26.1 Å². The normalized spacial score (nSPS) is 15.0. The summed E-state index contributed by atoms with van der Waals surface area (Å²) >= 11 is 0.749. The summed E-state index contributed by atoms with van der Waals surface area (Å²) in [6.07, 6.45) is 1.55. The van der Waals surface area contributed by atoms with Crippen LogP contribution in [0.1, 0.15) is 5.56 Å². The van der Waals surface area contributed by atoms with Crippen LogP contribution in [0.3, 0.4) is 0 Å². The van der Waals surface area contributed by atoms with E-state index in [0.29, 0.717) is 17.1 Å². The van der Waals surface area contributed by atoms with Crippen LogP contribution in [0.4, 0.5) is 10.5 Å². The minimum Gasteiger partial charge on any atom is -0.506 e. The Balaban J connectivity index is 1.73. The van der Waals surface area contributed by atoms with E-state index in [1.807, 2.05) is 0 Å². The number of thioether (sulfide) groups is 1. The topological polar surface area (TPSA) is 105 Å². The lowest BCUT2D eigenvalue weighted by Crippen LogP contribution is -2.36. The van der Waals surface area contributed by atoms with Crippen molar-refractivity contribution in [2.24, 2.45) is 0 Å². The van der Waals surface area contributed by atoms with E-state index in [1.54, 1.807) is 36.4 Å². The van der Waals surface area contributed by atoms with Gasteiger partial charge in [0.15, 0.2) is 11.5 Å². The van der Waals surface area contributed by atoms with E-state index in [2.05, 4.69) is 5.32 Å². The zero-order valence-corrected chi connectivity index (χ0v) is 16.5. The summed E-state index contributed by atoms with van der Waals surface area (Å²) in [6, 6.07) is 11.3. The summed E-state index contributed by atoms with van der Waals surface area (Å²) < 4.78 is 10.4. The average molecular weight is 414 g/mol. The maximum absolute atomic E-state index is 12.6. The van der Waals surface area contributed by atoms with Crippen LogP contribution in [0.15, 0.2) is 47.4 Å². The van der Waals surface area contributed by atoms with Gasteiger partial charge in [0.25, 0.3) is 11.1 Å². The summed E-state index contributed by atoms with van der Waals surface area (Å²) in [7, 11) is 3.02. The van der Waals surface area contributed by atoms with Crippen LogP contribution in [0, 0.1) is 0 Å². The minimum absolute atomic E-state index is 0.108. The first-order valence-corrected chi connectivity index (χ1v) is 9.30. The molecule has 1 heterocycles. The Labute approximate surface area is 171 Å². The number of carbonyl (C=O) groups is 3. The molecule has 2 aromatic carbocycles. The lowest BCUT2D eigenvalue weighted by atomic mass is 10.2. The van der Waals surface area contributed by atoms with Crippen molar-refractivity contribution in [3.8, 4) is 17.2 Å². The van der Waals surface area contributed by atoms with E-state index in [-0.39, 0.29) is 16.3 Å². The van der Waals surface area contributed by atoms with Crippen molar-refractivity contribution in [1.29, 1.82) is 0 Å². The van der Waals surface area contributed by atoms with E-state index in [0.717, 1.165) is 16.7 Å². The van der Waals surface area contributed by atoms with E-state index in [4.69, 9.17) is 9.47 Å². The van der Waals surface area contributed by atoms with Crippen LogP contribution >= 0.6 is 11.8 Å². The summed E-state index contributed by atoms with van der Waals surface area (Å²) in [5, 5.41) is 11.6. The molecular formula is C20H18N2O6S. The predicted molar refractivity (Wildman–Crippen MR) is 109 cm³/mol. The van der Waals surface area contributed by atoms with E-state index < -0.39 is 23.6 Å². The molecule has 0 saturated carbocycles. The number of para-hydroxylation sites is 2. The third-order valence-corrected chi connectivity index (χ3v) is 4.97. The number of phenols is 1. The molecule has 9 heteroatoms. The molecule has 0 bridgehead atoms. The van der Waals surface area contributed by atoms with Gasteiger partial charge in [-0.2, -0.15) is 0 Å². The smallest absolute Gasteiger partial charge is 0.294 e. The summed E-state index contributed by atoms with van der Waals surface area (Å²) in [5.74, 6) is -0.243. The Morgan fingerprint density at radius 1 is 1.14 bits per heavy atom. The maximum atomic E-state index is 12.6. The molecule has 1 fully saturated rings. The number of aromatic hydroxyl groups is 1. The molecule has 0 spiro atoms. The van der Waals surface area contributed by atoms with Crippen molar-refractivity contribution in [2.45, 2.75) is 0 Å². The Morgan fingerprint density at radius 2 is 1.86 bits per heavy atom.